The SMILES string of the molecule is O=C(CCCCCC(=O)Nc1nnc(-c2ccc(I)cc2)s1)NO. The van der Waals surface area contributed by atoms with Gasteiger partial charge in [-0.2, -0.15) is 0 Å². The van der Waals surface area contributed by atoms with Crippen molar-refractivity contribution >= 4 is 50.9 Å². The van der Waals surface area contributed by atoms with Crippen molar-refractivity contribution in [1.29, 1.82) is 0 Å². The molecule has 1 aromatic carbocycles. The normalized spacial score (nSPS) is 10.4. The molecule has 0 fully saturated rings. The Hall–Kier alpha value is -1.59. The number of amides is 2. The first-order valence-electron chi connectivity index (χ1n) is 7.40. The Morgan fingerprint density at radius 3 is 2.38 bits per heavy atom. The predicted octanol–water partition coefficient (Wildman–Crippen LogP) is 3.20. The van der Waals surface area contributed by atoms with E-state index >= 15 is 0 Å². The van der Waals surface area contributed by atoms with Gasteiger partial charge in [-0.05, 0) is 47.6 Å². The maximum atomic E-state index is 11.9. The van der Waals surface area contributed by atoms with Crippen molar-refractivity contribution in [3.8, 4) is 10.6 Å². The van der Waals surface area contributed by atoms with Gasteiger partial charge in [0.25, 0.3) is 0 Å². The van der Waals surface area contributed by atoms with E-state index in [-0.39, 0.29) is 12.3 Å². The summed E-state index contributed by atoms with van der Waals surface area (Å²) in [7, 11) is 0. The predicted molar refractivity (Wildman–Crippen MR) is 99.7 cm³/mol. The maximum absolute atomic E-state index is 11.9. The van der Waals surface area contributed by atoms with Crippen LogP contribution in [0.25, 0.3) is 10.6 Å². The topological polar surface area (TPSA) is 104 Å². The summed E-state index contributed by atoms with van der Waals surface area (Å²) < 4.78 is 1.14. The van der Waals surface area contributed by atoms with Crippen LogP contribution in [0.4, 0.5) is 5.13 Å². The number of hydroxylamine groups is 1. The van der Waals surface area contributed by atoms with Crippen molar-refractivity contribution in [2.24, 2.45) is 0 Å². The third-order valence-corrected chi connectivity index (χ3v) is 4.80. The molecule has 9 heteroatoms. The molecule has 128 valence electrons. The third kappa shape index (κ3) is 6.13. The second kappa shape index (κ2) is 9.64. The molecule has 0 bridgehead atoms. The molecule has 0 aliphatic rings. The average molecular weight is 460 g/mol. The molecule has 0 saturated carbocycles. The van der Waals surface area contributed by atoms with Gasteiger partial charge >= 0.3 is 0 Å². The number of carbonyl (C=O) groups excluding carboxylic acids is 2. The lowest BCUT2D eigenvalue weighted by Crippen LogP contribution is -2.17. The van der Waals surface area contributed by atoms with Gasteiger partial charge in [0.05, 0.1) is 0 Å². The molecule has 0 atom stereocenters. The summed E-state index contributed by atoms with van der Waals surface area (Å²) in [6.07, 6.45) is 2.67. The summed E-state index contributed by atoms with van der Waals surface area (Å²) in [5, 5.41) is 20.4. The fourth-order valence-corrected chi connectivity index (χ4v) is 3.09. The van der Waals surface area contributed by atoms with Crippen molar-refractivity contribution in [1.82, 2.24) is 15.7 Å². The molecule has 2 aromatic rings. The Labute approximate surface area is 157 Å². The standard InChI is InChI=1S/C15H17IN4O3S/c16-11-8-6-10(7-9-11)14-18-19-15(24-14)17-12(21)4-2-1-3-5-13(22)20-23/h6-9,23H,1-5H2,(H,20,22)(H,17,19,21). The van der Waals surface area contributed by atoms with Crippen molar-refractivity contribution in [3.63, 3.8) is 0 Å². The van der Waals surface area contributed by atoms with Gasteiger partial charge in [0.1, 0.15) is 5.01 Å². The van der Waals surface area contributed by atoms with E-state index in [2.05, 4.69) is 38.1 Å². The van der Waals surface area contributed by atoms with Crippen LogP contribution in [0, 0.1) is 3.57 Å². The van der Waals surface area contributed by atoms with Crippen molar-refractivity contribution in [2.45, 2.75) is 32.1 Å². The zero-order valence-electron chi connectivity index (χ0n) is 12.8. The number of carbonyl (C=O) groups is 2. The second-order valence-electron chi connectivity index (χ2n) is 5.06. The lowest BCUT2D eigenvalue weighted by molar-refractivity contribution is -0.129. The Morgan fingerprint density at radius 1 is 1.04 bits per heavy atom. The minimum Gasteiger partial charge on any atom is -0.301 e. The molecule has 0 radical (unpaired) electrons. The van der Waals surface area contributed by atoms with Crippen molar-refractivity contribution in [2.75, 3.05) is 5.32 Å². The summed E-state index contributed by atoms with van der Waals surface area (Å²) in [6.45, 7) is 0. The van der Waals surface area contributed by atoms with Crippen LogP contribution in [0.2, 0.25) is 0 Å². The van der Waals surface area contributed by atoms with E-state index in [1.54, 1.807) is 5.48 Å². The molecule has 24 heavy (non-hydrogen) atoms. The third-order valence-electron chi connectivity index (χ3n) is 3.19. The van der Waals surface area contributed by atoms with Crippen LogP contribution < -0.4 is 10.8 Å². The summed E-state index contributed by atoms with van der Waals surface area (Å²) in [5.41, 5.74) is 2.55. The number of anilines is 1. The van der Waals surface area contributed by atoms with Crippen LogP contribution in [0.15, 0.2) is 24.3 Å². The van der Waals surface area contributed by atoms with Gasteiger partial charge in [-0.15, -0.1) is 10.2 Å². The first kappa shape index (κ1) is 18.7. The Balaban J connectivity index is 1.74. The van der Waals surface area contributed by atoms with Gasteiger partial charge in [0.2, 0.25) is 16.9 Å². The highest BCUT2D eigenvalue weighted by Gasteiger charge is 2.09. The molecule has 2 amide bonds. The monoisotopic (exact) mass is 460 g/mol. The quantitative estimate of drug-likeness (QED) is 0.243. The molecule has 1 heterocycles. The lowest BCUT2D eigenvalue weighted by Gasteiger charge is -2.01. The van der Waals surface area contributed by atoms with Gasteiger partial charge in [-0.25, -0.2) is 5.48 Å². The molecule has 3 N–H and O–H groups in total. The molecule has 2 rings (SSSR count). The largest absolute Gasteiger partial charge is 0.301 e. The van der Waals surface area contributed by atoms with Crippen LogP contribution in [0.1, 0.15) is 32.1 Å². The van der Waals surface area contributed by atoms with Crippen LogP contribution in [-0.4, -0.2) is 27.2 Å². The number of rotatable bonds is 8. The van der Waals surface area contributed by atoms with E-state index in [0.717, 1.165) is 20.6 Å². The molecule has 7 nitrogen and oxygen atoms in total. The second-order valence-corrected chi connectivity index (χ2v) is 7.29. The summed E-state index contributed by atoms with van der Waals surface area (Å²) >= 11 is 3.57. The average Bonchev–Trinajstić information content (AvgIpc) is 3.03. The van der Waals surface area contributed by atoms with E-state index < -0.39 is 5.91 Å². The fourth-order valence-electron chi connectivity index (χ4n) is 1.97. The van der Waals surface area contributed by atoms with Gasteiger partial charge in [-0.1, -0.05) is 29.9 Å². The summed E-state index contributed by atoms with van der Waals surface area (Å²) in [4.78, 5) is 22.7. The number of nitrogens with zero attached hydrogens (tertiary/aromatic N) is 2. The van der Waals surface area contributed by atoms with Gasteiger partial charge < -0.3 is 5.32 Å². The molecule has 0 aliphatic heterocycles. The molecule has 0 aliphatic carbocycles. The Kier molecular flexibility index (Phi) is 7.53. The van der Waals surface area contributed by atoms with E-state index in [4.69, 9.17) is 5.21 Å². The van der Waals surface area contributed by atoms with Crippen LogP contribution in [0.5, 0.6) is 0 Å². The fraction of sp³-hybridized carbons (Fsp3) is 0.333. The summed E-state index contributed by atoms with van der Waals surface area (Å²) in [5.74, 6) is -0.525. The Morgan fingerprint density at radius 2 is 1.71 bits per heavy atom. The van der Waals surface area contributed by atoms with E-state index in [1.807, 2.05) is 24.3 Å². The smallest absolute Gasteiger partial charge is 0.243 e. The van der Waals surface area contributed by atoms with Gasteiger partial charge in [0.15, 0.2) is 0 Å². The highest BCUT2D eigenvalue weighted by molar-refractivity contribution is 14.1. The highest BCUT2D eigenvalue weighted by atomic mass is 127. The van der Waals surface area contributed by atoms with Crippen LogP contribution in [0.3, 0.4) is 0 Å². The maximum Gasteiger partial charge on any atom is 0.243 e. The number of halogens is 1. The van der Waals surface area contributed by atoms with Crippen LogP contribution in [-0.2, 0) is 9.59 Å². The van der Waals surface area contributed by atoms with E-state index in [0.29, 0.717) is 24.4 Å². The summed E-state index contributed by atoms with van der Waals surface area (Å²) in [6, 6.07) is 7.92. The first-order chi connectivity index (χ1) is 11.6. The van der Waals surface area contributed by atoms with Crippen molar-refractivity contribution < 1.29 is 14.8 Å². The highest BCUT2D eigenvalue weighted by Crippen LogP contribution is 2.26. The number of aromatic nitrogens is 2. The zero-order valence-corrected chi connectivity index (χ0v) is 15.8. The molecule has 0 unspecified atom stereocenters. The molecule has 1 aromatic heterocycles. The zero-order chi connectivity index (χ0) is 17.4. The molecule has 0 saturated heterocycles. The lowest BCUT2D eigenvalue weighted by atomic mass is 10.1. The first-order valence-corrected chi connectivity index (χ1v) is 9.30. The van der Waals surface area contributed by atoms with Gasteiger partial charge in [-0.3, -0.25) is 14.8 Å². The number of hydrogen-bond acceptors (Lipinski definition) is 6. The molecular formula is C15H17IN4O3S. The number of hydrogen-bond donors (Lipinski definition) is 3. The molecule has 0 spiro atoms. The minimum atomic E-state index is -0.406. The number of unbranched alkanes of at least 4 members (excludes halogenated alkanes) is 2. The Bertz CT molecular complexity index is 690. The number of nitrogens with one attached hydrogen (secondary N) is 2. The van der Waals surface area contributed by atoms with Crippen LogP contribution >= 0.6 is 33.9 Å². The number of benzene rings is 1. The van der Waals surface area contributed by atoms with Crippen molar-refractivity contribution in [3.05, 3.63) is 27.8 Å². The molecular weight excluding hydrogens is 443 g/mol. The van der Waals surface area contributed by atoms with Gasteiger partial charge in [0, 0.05) is 22.0 Å². The van der Waals surface area contributed by atoms with E-state index in [9.17, 15) is 9.59 Å². The minimum absolute atomic E-state index is 0.119. The van der Waals surface area contributed by atoms with E-state index in [1.165, 1.54) is 11.3 Å².